The second-order valence-corrected chi connectivity index (χ2v) is 9.91. The highest BCUT2D eigenvalue weighted by atomic mass is 32.1. The average molecular weight is 538 g/mol. The first-order chi connectivity index (χ1) is 17.5. The molecule has 7 nitrogen and oxygen atoms in total. The molecule has 0 bridgehead atoms. The highest BCUT2D eigenvalue weighted by molar-refractivity contribution is 7.80. The summed E-state index contributed by atoms with van der Waals surface area (Å²) in [7, 11) is 4.10. The SMILES string of the molecule is CN(C)[C@@H]1CCN(c2cc(N3CCN(c4ccc(C(F)(F)F)cc4)CC3)c(F)cc2C=NNC(N)=S)C1. The molecule has 3 N–H and O–H groups in total. The van der Waals surface area contributed by atoms with Crippen LogP contribution in [-0.4, -0.2) is 75.6 Å². The molecule has 2 heterocycles. The summed E-state index contributed by atoms with van der Waals surface area (Å²) in [6, 6.07) is 8.89. The van der Waals surface area contributed by atoms with Gasteiger partial charge in [-0.1, -0.05) is 0 Å². The van der Waals surface area contributed by atoms with Gasteiger partial charge in [-0.15, -0.1) is 0 Å². The van der Waals surface area contributed by atoms with E-state index in [1.165, 1.54) is 24.4 Å². The van der Waals surface area contributed by atoms with Gasteiger partial charge in [0, 0.05) is 62.2 Å². The molecule has 0 aliphatic carbocycles. The number of piperazine rings is 1. The van der Waals surface area contributed by atoms with Crippen LogP contribution in [0.2, 0.25) is 0 Å². The molecule has 37 heavy (non-hydrogen) atoms. The first-order valence-corrected chi connectivity index (χ1v) is 12.4. The minimum absolute atomic E-state index is 0.0228. The second kappa shape index (κ2) is 11.1. The highest BCUT2D eigenvalue weighted by Crippen LogP contribution is 2.34. The number of likely N-dealkylation sites (N-methyl/N-ethyl adjacent to an activating group) is 1. The quantitative estimate of drug-likeness (QED) is 0.253. The number of hydrogen-bond acceptors (Lipinski definition) is 6. The third-order valence-electron chi connectivity index (χ3n) is 6.89. The van der Waals surface area contributed by atoms with E-state index >= 15 is 4.39 Å². The van der Waals surface area contributed by atoms with Crippen molar-refractivity contribution in [2.45, 2.75) is 18.6 Å². The van der Waals surface area contributed by atoms with E-state index in [1.54, 1.807) is 0 Å². The van der Waals surface area contributed by atoms with Crippen LogP contribution in [0.1, 0.15) is 17.5 Å². The van der Waals surface area contributed by atoms with Crippen molar-refractivity contribution in [1.82, 2.24) is 10.3 Å². The maximum absolute atomic E-state index is 15.3. The van der Waals surface area contributed by atoms with Crippen LogP contribution in [0, 0.1) is 5.82 Å². The van der Waals surface area contributed by atoms with E-state index in [1.807, 2.05) is 15.9 Å². The number of nitrogens with two attached hydrogens (primary N) is 1. The summed E-state index contributed by atoms with van der Waals surface area (Å²) in [5.74, 6) is -0.369. The van der Waals surface area contributed by atoms with Crippen LogP contribution in [0.4, 0.5) is 34.6 Å². The summed E-state index contributed by atoms with van der Waals surface area (Å²) in [6.07, 6.45) is -1.85. The molecular weight excluding hydrogens is 506 g/mol. The molecule has 1 atom stereocenters. The molecule has 200 valence electrons. The van der Waals surface area contributed by atoms with E-state index in [9.17, 15) is 13.2 Å². The Hall–Kier alpha value is -3.12. The monoisotopic (exact) mass is 537 g/mol. The van der Waals surface area contributed by atoms with Crippen molar-refractivity contribution in [3.63, 3.8) is 0 Å². The summed E-state index contributed by atoms with van der Waals surface area (Å²) in [4.78, 5) is 8.41. The van der Waals surface area contributed by atoms with Gasteiger partial charge in [0.1, 0.15) is 5.82 Å². The third-order valence-corrected chi connectivity index (χ3v) is 6.98. The number of alkyl halides is 3. The number of hydrazone groups is 1. The number of nitrogens with one attached hydrogen (secondary N) is 1. The van der Waals surface area contributed by atoms with Gasteiger partial charge in [-0.25, -0.2) is 4.39 Å². The zero-order valence-electron chi connectivity index (χ0n) is 20.8. The van der Waals surface area contributed by atoms with Crippen LogP contribution in [0.25, 0.3) is 0 Å². The van der Waals surface area contributed by atoms with Gasteiger partial charge in [0.25, 0.3) is 0 Å². The van der Waals surface area contributed by atoms with Gasteiger partial charge in [0.15, 0.2) is 5.11 Å². The number of benzene rings is 2. The van der Waals surface area contributed by atoms with Gasteiger partial charge in [-0.05, 0) is 69.1 Å². The number of hydrogen-bond donors (Lipinski definition) is 2. The molecule has 0 saturated carbocycles. The fraction of sp³-hybridized carbons (Fsp3) is 0.440. The summed E-state index contributed by atoms with van der Waals surface area (Å²) < 4.78 is 54.0. The van der Waals surface area contributed by atoms with Crippen LogP contribution in [0.5, 0.6) is 0 Å². The molecule has 2 saturated heterocycles. The Morgan fingerprint density at radius 3 is 2.24 bits per heavy atom. The van der Waals surface area contributed by atoms with E-state index in [0.29, 0.717) is 43.5 Å². The summed E-state index contributed by atoms with van der Waals surface area (Å²) in [6.45, 7) is 3.84. The minimum atomic E-state index is -4.36. The van der Waals surface area contributed by atoms with Gasteiger partial charge in [-0.2, -0.15) is 18.3 Å². The molecule has 0 spiro atoms. The summed E-state index contributed by atoms with van der Waals surface area (Å²) in [5.41, 5.74) is 10.0. The fourth-order valence-corrected chi connectivity index (χ4v) is 4.85. The van der Waals surface area contributed by atoms with E-state index in [4.69, 9.17) is 18.0 Å². The smallest absolute Gasteiger partial charge is 0.375 e. The molecule has 0 amide bonds. The molecule has 12 heteroatoms. The van der Waals surface area contributed by atoms with Gasteiger partial charge in [-0.3, -0.25) is 5.43 Å². The lowest BCUT2D eigenvalue weighted by atomic mass is 10.1. The van der Waals surface area contributed by atoms with Crippen LogP contribution in [-0.2, 0) is 6.18 Å². The van der Waals surface area contributed by atoms with Gasteiger partial charge in [0.05, 0.1) is 17.5 Å². The lowest BCUT2D eigenvalue weighted by molar-refractivity contribution is -0.137. The molecule has 0 radical (unpaired) electrons. The summed E-state index contributed by atoms with van der Waals surface area (Å²) in [5, 5.41) is 4.06. The van der Waals surface area contributed by atoms with E-state index in [-0.39, 0.29) is 10.9 Å². The summed E-state index contributed by atoms with van der Waals surface area (Å²) >= 11 is 4.80. The molecule has 2 aliphatic heterocycles. The lowest BCUT2D eigenvalue weighted by Crippen LogP contribution is -2.47. The van der Waals surface area contributed by atoms with Gasteiger partial charge >= 0.3 is 6.18 Å². The first kappa shape index (κ1) is 26.9. The van der Waals surface area contributed by atoms with Gasteiger partial charge in [0.2, 0.25) is 0 Å². The Kier molecular flexibility index (Phi) is 8.08. The lowest BCUT2D eigenvalue weighted by Gasteiger charge is -2.38. The normalized spacial score (nSPS) is 18.8. The van der Waals surface area contributed by atoms with Crippen molar-refractivity contribution in [3.05, 3.63) is 53.3 Å². The molecule has 2 aromatic rings. The molecule has 2 fully saturated rings. The van der Waals surface area contributed by atoms with Crippen molar-refractivity contribution < 1.29 is 17.6 Å². The molecule has 2 aromatic carbocycles. The van der Waals surface area contributed by atoms with Crippen LogP contribution < -0.4 is 25.9 Å². The zero-order valence-corrected chi connectivity index (χ0v) is 21.6. The maximum atomic E-state index is 15.3. The van der Waals surface area contributed by atoms with Crippen molar-refractivity contribution in [1.29, 1.82) is 0 Å². The number of halogens is 4. The van der Waals surface area contributed by atoms with E-state index in [2.05, 4.69) is 34.4 Å². The largest absolute Gasteiger partial charge is 0.416 e. The van der Waals surface area contributed by atoms with E-state index < -0.39 is 11.7 Å². The van der Waals surface area contributed by atoms with E-state index in [0.717, 1.165) is 43.0 Å². The van der Waals surface area contributed by atoms with Crippen LogP contribution >= 0.6 is 12.2 Å². The number of rotatable bonds is 6. The van der Waals surface area contributed by atoms with Crippen molar-refractivity contribution >= 4 is 40.6 Å². The van der Waals surface area contributed by atoms with Crippen LogP contribution in [0.3, 0.4) is 0 Å². The van der Waals surface area contributed by atoms with Crippen molar-refractivity contribution in [2.24, 2.45) is 10.8 Å². The van der Waals surface area contributed by atoms with Crippen molar-refractivity contribution in [3.8, 4) is 0 Å². The number of thiocarbonyl (C=S) groups is 1. The van der Waals surface area contributed by atoms with Crippen LogP contribution in [0.15, 0.2) is 41.5 Å². The topological polar surface area (TPSA) is 63.4 Å². The Balaban J connectivity index is 1.53. The molecular formula is C25H31F4N7S. The number of nitrogens with zero attached hydrogens (tertiary/aromatic N) is 5. The zero-order chi connectivity index (χ0) is 26.7. The number of anilines is 3. The standard InChI is InChI=1S/C25H31F4N7S/c1-33(2)20-7-8-36(16-20)22-14-23(21(26)13-17(22)15-31-32-24(30)37)35-11-9-34(10-12-35)19-5-3-18(4-6-19)25(27,28)29/h3-6,13-15,20H,7-12,16H2,1-2H3,(H3,30,32,37)/t20-/m1/s1. The molecule has 0 aromatic heterocycles. The Bertz CT molecular complexity index is 1130. The Morgan fingerprint density at radius 2 is 1.68 bits per heavy atom. The Labute approximate surface area is 219 Å². The minimum Gasteiger partial charge on any atom is -0.375 e. The average Bonchev–Trinajstić information content (AvgIpc) is 3.34. The predicted octanol–water partition coefficient (Wildman–Crippen LogP) is 3.48. The maximum Gasteiger partial charge on any atom is 0.416 e. The molecule has 0 unspecified atom stereocenters. The molecule has 4 rings (SSSR count). The highest BCUT2D eigenvalue weighted by Gasteiger charge is 2.31. The second-order valence-electron chi connectivity index (χ2n) is 9.47. The fourth-order valence-electron chi connectivity index (χ4n) is 4.80. The Morgan fingerprint density at radius 1 is 1.03 bits per heavy atom. The predicted molar refractivity (Wildman–Crippen MR) is 144 cm³/mol. The third kappa shape index (κ3) is 6.42. The molecule has 2 aliphatic rings. The first-order valence-electron chi connectivity index (χ1n) is 12.0. The van der Waals surface area contributed by atoms with Crippen molar-refractivity contribution in [2.75, 3.05) is 68.1 Å². The van der Waals surface area contributed by atoms with Gasteiger partial charge < -0.3 is 25.3 Å².